The topological polar surface area (TPSA) is 74.8 Å². The van der Waals surface area contributed by atoms with Crippen LogP contribution < -0.4 is 20.7 Å². The van der Waals surface area contributed by atoms with E-state index in [1.54, 1.807) is 19.2 Å². The lowest BCUT2D eigenvalue weighted by atomic mass is 10.3. The Hall–Kier alpha value is -1.37. The predicted molar refractivity (Wildman–Crippen MR) is 104 cm³/mol. The molecule has 0 fully saturated rings. The molecule has 1 amide bonds. The molecule has 0 saturated carbocycles. The van der Waals surface area contributed by atoms with Crippen molar-refractivity contribution >= 4 is 46.7 Å². The van der Waals surface area contributed by atoms with Crippen LogP contribution in [0.5, 0.6) is 5.75 Å². The smallest absolute Gasteiger partial charge is 0.221 e. The third-order valence-corrected chi connectivity index (χ3v) is 3.70. The minimum atomic E-state index is -0.00620. The number of amides is 1. The van der Waals surface area contributed by atoms with Gasteiger partial charge in [-0.15, -0.1) is 0 Å². The van der Waals surface area contributed by atoms with Crippen LogP contribution >= 0.6 is 34.8 Å². The van der Waals surface area contributed by atoms with Gasteiger partial charge in [0.15, 0.2) is 11.7 Å². The van der Waals surface area contributed by atoms with Crippen molar-refractivity contribution in [3.05, 3.63) is 27.2 Å². The lowest BCUT2D eigenvalue weighted by Gasteiger charge is -2.14. The Morgan fingerprint density at radius 2 is 1.76 bits per heavy atom. The van der Waals surface area contributed by atoms with E-state index in [9.17, 15) is 4.79 Å². The molecule has 6 nitrogen and oxygen atoms in total. The number of hydrogen-bond donors (Lipinski definition) is 3. The fourth-order valence-electron chi connectivity index (χ4n) is 1.90. The lowest BCUT2D eigenvalue weighted by molar-refractivity contribution is -0.121. The molecule has 0 aliphatic rings. The first-order chi connectivity index (χ1) is 11.8. The van der Waals surface area contributed by atoms with Crippen LogP contribution in [-0.4, -0.2) is 44.7 Å². The van der Waals surface area contributed by atoms with Crippen LogP contribution in [0.1, 0.15) is 20.3 Å². The van der Waals surface area contributed by atoms with Gasteiger partial charge < -0.3 is 20.7 Å². The van der Waals surface area contributed by atoms with Gasteiger partial charge in [0, 0.05) is 31.1 Å². The Kier molecular flexibility index (Phi) is 9.78. The van der Waals surface area contributed by atoms with E-state index in [0.29, 0.717) is 52.9 Å². The number of benzene rings is 1. The van der Waals surface area contributed by atoms with Gasteiger partial charge in [-0.2, -0.15) is 0 Å². The number of ether oxygens (including phenoxy) is 1. The molecule has 0 heterocycles. The van der Waals surface area contributed by atoms with Crippen LogP contribution in [0.4, 0.5) is 0 Å². The van der Waals surface area contributed by atoms with Gasteiger partial charge in [-0.25, -0.2) is 0 Å². The summed E-state index contributed by atoms with van der Waals surface area (Å²) in [5.74, 6) is 0.963. The van der Waals surface area contributed by atoms with Gasteiger partial charge in [0.1, 0.15) is 6.61 Å². The van der Waals surface area contributed by atoms with Crippen molar-refractivity contribution in [2.75, 3.05) is 26.7 Å². The summed E-state index contributed by atoms with van der Waals surface area (Å²) in [7, 11) is 1.65. The number of carbonyl (C=O) groups excluding carboxylic acids is 1. The SMILES string of the molecule is CN=C(NCCOc1c(Cl)cc(Cl)cc1Cl)NCCC(=O)NC(C)C. The van der Waals surface area contributed by atoms with E-state index in [1.165, 1.54) is 0 Å². The van der Waals surface area contributed by atoms with E-state index in [0.717, 1.165) is 0 Å². The highest BCUT2D eigenvalue weighted by Crippen LogP contribution is 2.35. The number of nitrogens with zero attached hydrogens (tertiary/aromatic N) is 1. The van der Waals surface area contributed by atoms with Crippen LogP contribution in [0.3, 0.4) is 0 Å². The molecule has 140 valence electrons. The quantitative estimate of drug-likeness (QED) is 0.350. The van der Waals surface area contributed by atoms with Gasteiger partial charge in [0.05, 0.1) is 16.6 Å². The predicted octanol–water partition coefficient (Wildman–Crippen LogP) is 3.11. The molecule has 9 heteroatoms. The zero-order chi connectivity index (χ0) is 18.8. The normalized spacial score (nSPS) is 11.4. The number of guanidine groups is 1. The summed E-state index contributed by atoms with van der Waals surface area (Å²) >= 11 is 18.0. The van der Waals surface area contributed by atoms with Crippen LogP contribution in [0.15, 0.2) is 17.1 Å². The molecule has 0 radical (unpaired) electrons. The fraction of sp³-hybridized carbons (Fsp3) is 0.500. The number of hydrogen-bond acceptors (Lipinski definition) is 3. The van der Waals surface area contributed by atoms with E-state index in [-0.39, 0.29) is 11.9 Å². The first kappa shape index (κ1) is 21.7. The Labute approximate surface area is 163 Å². The molecule has 0 saturated heterocycles. The summed E-state index contributed by atoms with van der Waals surface area (Å²) in [6.45, 7) is 5.13. The summed E-state index contributed by atoms with van der Waals surface area (Å²) in [4.78, 5) is 15.6. The largest absolute Gasteiger partial charge is 0.489 e. The van der Waals surface area contributed by atoms with E-state index in [2.05, 4.69) is 20.9 Å². The highest BCUT2D eigenvalue weighted by molar-refractivity contribution is 6.40. The van der Waals surface area contributed by atoms with Crippen molar-refractivity contribution in [3.8, 4) is 5.75 Å². The van der Waals surface area contributed by atoms with Gasteiger partial charge >= 0.3 is 0 Å². The van der Waals surface area contributed by atoms with Crippen molar-refractivity contribution in [2.24, 2.45) is 4.99 Å². The molecule has 1 rings (SSSR count). The zero-order valence-corrected chi connectivity index (χ0v) is 16.7. The highest BCUT2D eigenvalue weighted by Gasteiger charge is 2.09. The van der Waals surface area contributed by atoms with E-state index in [1.807, 2.05) is 13.8 Å². The second-order valence-electron chi connectivity index (χ2n) is 5.45. The van der Waals surface area contributed by atoms with Gasteiger partial charge in [0.2, 0.25) is 5.91 Å². The number of carbonyl (C=O) groups is 1. The molecule has 3 N–H and O–H groups in total. The Morgan fingerprint density at radius 1 is 1.16 bits per heavy atom. The highest BCUT2D eigenvalue weighted by atomic mass is 35.5. The van der Waals surface area contributed by atoms with Crippen molar-refractivity contribution < 1.29 is 9.53 Å². The van der Waals surface area contributed by atoms with Crippen molar-refractivity contribution in [3.63, 3.8) is 0 Å². The van der Waals surface area contributed by atoms with Crippen molar-refractivity contribution in [2.45, 2.75) is 26.3 Å². The Morgan fingerprint density at radius 3 is 2.32 bits per heavy atom. The summed E-state index contributed by atoms with van der Waals surface area (Å²) < 4.78 is 5.57. The number of rotatable bonds is 8. The van der Waals surface area contributed by atoms with Crippen LogP contribution in [0.2, 0.25) is 15.1 Å². The summed E-state index contributed by atoms with van der Waals surface area (Å²) in [5, 5.41) is 10.1. The second kappa shape index (κ2) is 11.3. The maximum Gasteiger partial charge on any atom is 0.221 e. The molecule has 0 aliphatic carbocycles. The molecule has 0 aliphatic heterocycles. The van der Waals surface area contributed by atoms with E-state index >= 15 is 0 Å². The van der Waals surface area contributed by atoms with Crippen LogP contribution in [0, 0.1) is 0 Å². The number of halogens is 3. The lowest BCUT2D eigenvalue weighted by Crippen LogP contribution is -2.41. The summed E-state index contributed by atoms with van der Waals surface area (Å²) in [6, 6.07) is 3.27. The zero-order valence-electron chi connectivity index (χ0n) is 14.5. The summed E-state index contributed by atoms with van der Waals surface area (Å²) in [6.07, 6.45) is 0.366. The van der Waals surface area contributed by atoms with Crippen molar-refractivity contribution in [1.29, 1.82) is 0 Å². The van der Waals surface area contributed by atoms with Gasteiger partial charge in [-0.3, -0.25) is 9.79 Å². The van der Waals surface area contributed by atoms with Crippen LogP contribution in [-0.2, 0) is 4.79 Å². The van der Waals surface area contributed by atoms with E-state index in [4.69, 9.17) is 39.5 Å². The minimum Gasteiger partial charge on any atom is -0.489 e. The van der Waals surface area contributed by atoms with Crippen LogP contribution in [0.25, 0.3) is 0 Å². The molecule has 0 spiro atoms. The molecule has 25 heavy (non-hydrogen) atoms. The number of aliphatic imine (C=N–C) groups is 1. The molecule has 0 atom stereocenters. The van der Waals surface area contributed by atoms with Gasteiger partial charge in [-0.05, 0) is 26.0 Å². The standard InChI is InChI=1S/C16H23Cl3N4O2/c1-10(2)23-14(24)4-5-21-16(20-3)22-6-7-25-15-12(18)8-11(17)9-13(15)19/h8-10H,4-7H2,1-3H3,(H,23,24)(H2,20,21,22). The molecule has 0 bridgehead atoms. The molecule has 0 aromatic heterocycles. The molecule has 1 aromatic rings. The van der Waals surface area contributed by atoms with Gasteiger partial charge in [0.25, 0.3) is 0 Å². The molecule has 1 aromatic carbocycles. The number of nitrogens with one attached hydrogen (secondary N) is 3. The fourth-order valence-corrected chi connectivity index (χ4v) is 2.82. The Bertz CT molecular complexity index is 586. The maximum absolute atomic E-state index is 11.6. The Balaban J connectivity index is 2.31. The van der Waals surface area contributed by atoms with E-state index < -0.39 is 0 Å². The average molecular weight is 410 g/mol. The second-order valence-corrected chi connectivity index (χ2v) is 6.70. The maximum atomic E-state index is 11.6. The average Bonchev–Trinajstić information content (AvgIpc) is 2.50. The molecular formula is C16H23Cl3N4O2. The monoisotopic (exact) mass is 408 g/mol. The van der Waals surface area contributed by atoms with Gasteiger partial charge in [-0.1, -0.05) is 34.8 Å². The summed E-state index contributed by atoms with van der Waals surface area (Å²) in [5.41, 5.74) is 0. The third kappa shape index (κ3) is 8.52. The molecular weight excluding hydrogens is 387 g/mol. The molecule has 0 unspecified atom stereocenters. The van der Waals surface area contributed by atoms with Crippen molar-refractivity contribution in [1.82, 2.24) is 16.0 Å². The third-order valence-electron chi connectivity index (χ3n) is 2.92. The first-order valence-corrected chi connectivity index (χ1v) is 8.98. The minimum absolute atomic E-state index is 0.00620. The first-order valence-electron chi connectivity index (χ1n) is 7.84.